The highest BCUT2D eigenvalue weighted by molar-refractivity contribution is 5.34. The third-order valence-corrected chi connectivity index (χ3v) is 1.56. The van der Waals surface area contributed by atoms with Crippen molar-refractivity contribution in [3.8, 4) is 0 Å². The van der Waals surface area contributed by atoms with Gasteiger partial charge in [0.15, 0.2) is 0 Å². The lowest BCUT2D eigenvalue weighted by Crippen LogP contribution is -2.08. The largest absolute Gasteiger partial charge is 0.361 e. The van der Waals surface area contributed by atoms with Crippen molar-refractivity contribution in [3.63, 3.8) is 0 Å². The Morgan fingerprint density at radius 2 is 2.27 bits per heavy atom. The quantitative estimate of drug-likeness (QED) is 0.712. The van der Waals surface area contributed by atoms with Gasteiger partial charge in [-0.25, -0.2) is 4.98 Å². The first kappa shape index (κ1) is 8.11. The van der Waals surface area contributed by atoms with Crippen LogP contribution in [0.1, 0.15) is 19.2 Å². The van der Waals surface area contributed by atoms with Crippen LogP contribution in [0.4, 0.5) is 5.82 Å². The number of rotatable bonds is 3. The molecule has 0 aromatic carbocycles. The van der Waals surface area contributed by atoms with E-state index in [-0.39, 0.29) is 0 Å². The van der Waals surface area contributed by atoms with Gasteiger partial charge >= 0.3 is 0 Å². The Balaban J connectivity index is 2.66. The van der Waals surface area contributed by atoms with Crippen LogP contribution in [0, 0.1) is 0 Å². The summed E-state index contributed by atoms with van der Waals surface area (Å²) in [4.78, 5) is 9.50. The monoisotopic (exact) mass is 153 g/mol. The van der Waals surface area contributed by atoms with Crippen LogP contribution in [0.15, 0.2) is 6.20 Å². The van der Waals surface area contributed by atoms with Crippen LogP contribution in [-0.4, -0.2) is 24.1 Å². The molecule has 0 aliphatic carbocycles. The topological polar surface area (TPSA) is 31.9 Å². The van der Waals surface area contributed by atoms with Gasteiger partial charge in [-0.3, -0.25) is 0 Å². The van der Waals surface area contributed by atoms with E-state index < -0.39 is 0 Å². The Bertz CT molecular complexity index is 215. The molecule has 3 heteroatoms. The van der Waals surface area contributed by atoms with Crippen LogP contribution in [-0.2, 0) is 6.42 Å². The minimum Gasteiger partial charge on any atom is -0.361 e. The fourth-order valence-electron chi connectivity index (χ4n) is 0.945. The standard InChI is InChI=1S/C8H15N3/c1-4-5-7-9-6-8(10-7)11(2)3/h6H,4-5H2,1-3H3,(H,9,10). The molecular formula is C8H15N3. The van der Waals surface area contributed by atoms with E-state index >= 15 is 0 Å². The zero-order valence-corrected chi connectivity index (χ0v) is 7.39. The van der Waals surface area contributed by atoms with E-state index in [1.807, 2.05) is 25.2 Å². The second-order valence-corrected chi connectivity index (χ2v) is 2.85. The fourth-order valence-corrected chi connectivity index (χ4v) is 0.945. The second-order valence-electron chi connectivity index (χ2n) is 2.85. The fraction of sp³-hybridized carbons (Fsp3) is 0.625. The molecule has 0 atom stereocenters. The van der Waals surface area contributed by atoms with Crippen molar-refractivity contribution in [1.82, 2.24) is 9.97 Å². The first-order chi connectivity index (χ1) is 5.24. The van der Waals surface area contributed by atoms with Gasteiger partial charge < -0.3 is 9.88 Å². The molecule has 11 heavy (non-hydrogen) atoms. The molecule has 1 rings (SSSR count). The number of aromatic nitrogens is 2. The van der Waals surface area contributed by atoms with Crippen LogP contribution in [0.5, 0.6) is 0 Å². The minimum atomic E-state index is 1.01. The number of aryl methyl sites for hydroxylation is 1. The SMILES string of the molecule is CCCc1nc(N(C)C)c[nH]1. The lowest BCUT2D eigenvalue weighted by atomic mass is 10.3. The summed E-state index contributed by atoms with van der Waals surface area (Å²) in [6.45, 7) is 2.15. The van der Waals surface area contributed by atoms with Crippen molar-refractivity contribution in [3.05, 3.63) is 12.0 Å². The molecule has 0 radical (unpaired) electrons. The van der Waals surface area contributed by atoms with Gasteiger partial charge in [0, 0.05) is 26.7 Å². The minimum absolute atomic E-state index is 1.01. The number of H-pyrrole nitrogens is 1. The average Bonchev–Trinajstić information content (AvgIpc) is 2.37. The number of nitrogens with one attached hydrogen (secondary N) is 1. The molecule has 0 spiro atoms. The summed E-state index contributed by atoms with van der Waals surface area (Å²) in [6, 6.07) is 0. The molecule has 0 amide bonds. The number of nitrogens with zero attached hydrogens (tertiary/aromatic N) is 2. The Morgan fingerprint density at radius 3 is 2.73 bits per heavy atom. The zero-order valence-electron chi connectivity index (χ0n) is 7.39. The van der Waals surface area contributed by atoms with Crippen molar-refractivity contribution in [1.29, 1.82) is 0 Å². The van der Waals surface area contributed by atoms with E-state index in [2.05, 4.69) is 16.9 Å². The van der Waals surface area contributed by atoms with Crippen LogP contribution < -0.4 is 4.90 Å². The predicted octanol–water partition coefficient (Wildman–Crippen LogP) is 1.43. The molecule has 3 nitrogen and oxygen atoms in total. The Labute approximate surface area is 67.4 Å². The number of anilines is 1. The van der Waals surface area contributed by atoms with Crippen LogP contribution in [0.2, 0.25) is 0 Å². The summed E-state index contributed by atoms with van der Waals surface area (Å²) >= 11 is 0. The lowest BCUT2D eigenvalue weighted by Gasteiger charge is -2.05. The van der Waals surface area contributed by atoms with Crippen LogP contribution in [0.3, 0.4) is 0 Å². The molecule has 0 unspecified atom stereocenters. The molecule has 1 N–H and O–H groups in total. The van der Waals surface area contributed by atoms with E-state index in [1.165, 1.54) is 0 Å². The predicted molar refractivity (Wildman–Crippen MR) is 46.9 cm³/mol. The van der Waals surface area contributed by atoms with E-state index in [0.29, 0.717) is 0 Å². The smallest absolute Gasteiger partial charge is 0.146 e. The molecular weight excluding hydrogens is 138 g/mol. The number of hydrogen-bond acceptors (Lipinski definition) is 2. The highest BCUT2D eigenvalue weighted by Crippen LogP contribution is 2.07. The van der Waals surface area contributed by atoms with Crippen molar-refractivity contribution in [2.45, 2.75) is 19.8 Å². The normalized spacial score (nSPS) is 10.1. The summed E-state index contributed by atoms with van der Waals surface area (Å²) < 4.78 is 0. The summed E-state index contributed by atoms with van der Waals surface area (Å²) in [6.07, 6.45) is 4.11. The maximum absolute atomic E-state index is 4.37. The molecule has 1 aromatic heterocycles. The summed E-state index contributed by atoms with van der Waals surface area (Å²) in [5.74, 6) is 2.09. The third kappa shape index (κ3) is 1.97. The third-order valence-electron chi connectivity index (χ3n) is 1.56. The zero-order chi connectivity index (χ0) is 8.27. The lowest BCUT2D eigenvalue weighted by molar-refractivity contribution is 0.854. The molecule has 0 bridgehead atoms. The van der Waals surface area contributed by atoms with Gasteiger partial charge in [-0.05, 0) is 6.42 Å². The molecule has 0 aliphatic heterocycles. The molecule has 0 fully saturated rings. The number of aromatic amines is 1. The van der Waals surface area contributed by atoms with E-state index in [4.69, 9.17) is 0 Å². The van der Waals surface area contributed by atoms with E-state index in [9.17, 15) is 0 Å². The summed E-state index contributed by atoms with van der Waals surface area (Å²) in [7, 11) is 3.98. The van der Waals surface area contributed by atoms with Crippen LogP contribution >= 0.6 is 0 Å². The Hall–Kier alpha value is -0.990. The van der Waals surface area contributed by atoms with Crippen molar-refractivity contribution in [2.75, 3.05) is 19.0 Å². The molecule has 1 aromatic rings. The maximum atomic E-state index is 4.37. The first-order valence-corrected chi connectivity index (χ1v) is 3.95. The van der Waals surface area contributed by atoms with Gasteiger partial charge in [0.2, 0.25) is 0 Å². The molecule has 0 saturated carbocycles. The summed E-state index contributed by atoms with van der Waals surface area (Å²) in [5.41, 5.74) is 0. The number of hydrogen-bond donors (Lipinski definition) is 1. The highest BCUT2D eigenvalue weighted by atomic mass is 15.2. The van der Waals surface area contributed by atoms with E-state index in [0.717, 1.165) is 24.5 Å². The second kappa shape index (κ2) is 3.42. The first-order valence-electron chi connectivity index (χ1n) is 3.95. The molecule has 62 valence electrons. The summed E-state index contributed by atoms with van der Waals surface area (Å²) in [5, 5.41) is 0. The average molecular weight is 153 g/mol. The van der Waals surface area contributed by atoms with E-state index in [1.54, 1.807) is 0 Å². The number of imidazole rings is 1. The van der Waals surface area contributed by atoms with Crippen molar-refractivity contribution >= 4 is 5.82 Å². The van der Waals surface area contributed by atoms with Gasteiger partial charge in [0.25, 0.3) is 0 Å². The van der Waals surface area contributed by atoms with Gasteiger partial charge in [-0.2, -0.15) is 0 Å². The molecule has 0 aliphatic rings. The van der Waals surface area contributed by atoms with Crippen molar-refractivity contribution in [2.24, 2.45) is 0 Å². The van der Waals surface area contributed by atoms with Crippen molar-refractivity contribution < 1.29 is 0 Å². The molecule has 1 heterocycles. The van der Waals surface area contributed by atoms with Gasteiger partial charge in [-0.1, -0.05) is 6.92 Å². The molecule has 0 saturated heterocycles. The Kier molecular flexibility index (Phi) is 2.52. The Morgan fingerprint density at radius 1 is 1.55 bits per heavy atom. The highest BCUT2D eigenvalue weighted by Gasteiger charge is 2.00. The van der Waals surface area contributed by atoms with Crippen LogP contribution in [0.25, 0.3) is 0 Å². The van der Waals surface area contributed by atoms with Gasteiger partial charge in [0.05, 0.1) is 0 Å². The maximum Gasteiger partial charge on any atom is 0.146 e. The van der Waals surface area contributed by atoms with Gasteiger partial charge in [-0.15, -0.1) is 0 Å². The van der Waals surface area contributed by atoms with Gasteiger partial charge in [0.1, 0.15) is 11.6 Å².